The minimum Gasteiger partial charge on any atom is -0.354 e. The van der Waals surface area contributed by atoms with Gasteiger partial charge in [0.1, 0.15) is 5.82 Å². The molecule has 0 radical (unpaired) electrons. The van der Waals surface area contributed by atoms with Crippen molar-refractivity contribution in [2.75, 3.05) is 32.7 Å². The zero-order valence-corrected chi connectivity index (χ0v) is 20.5. The Kier molecular flexibility index (Phi) is 6.32. The molecule has 0 saturated carbocycles. The van der Waals surface area contributed by atoms with Crippen molar-refractivity contribution < 1.29 is 4.39 Å². The lowest BCUT2D eigenvalue weighted by molar-refractivity contribution is 0.176. The Bertz CT molecular complexity index is 1080. The highest BCUT2D eigenvalue weighted by atomic mass is 19.1. The van der Waals surface area contributed by atoms with Gasteiger partial charge in [-0.25, -0.2) is 4.39 Å². The first-order valence-corrected chi connectivity index (χ1v) is 12.7. The predicted octanol–water partition coefficient (Wildman–Crippen LogP) is 5.73. The second-order valence-corrected chi connectivity index (χ2v) is 10.8. The van der Waals surface area contributed by atoms with E-state index in [4.69, 9.17) is 0 Å². The Morgan fingerprint density at radius 1 is 1.09 bits per heavy atom. The van der Waals surface area contributed by atoms with Crippen molar-refractivity contribution >= 4 is 10.9 Å². The number of hydrogen-bond donors (Lipinski definition) is 2. The summed E-state index contributed by atoms with van der Waals surface area (Å²) in [4.78, 5) is 8.69. The molecule has 2 N–H and O–H groups in total. The number of aromatic nitrogens is 3. The number of benzene rings is 1. The van der Waals surface area contributed by atoms with E-state index >= 15 is 4.39 Å². The maximum Gasteiger partial charge on any atom is 0.128 e. The third-order valence-corrected chi connectivity index (χ3v) is 7.91. The average molecular weight is 452 g/mol. The topological polar surface area (TPSA) is 51.0 Å². The van der Waals surface area contributed by atoms with Gasteiger partial charge in [-0.15, -0.1) is 0 Å². The van der Waals surface area contributed by atoms with Gasteiger partial charge in [0.2, 0.25) is 0 Å². The van der Waals surface area contributed by atoms with Crippen LogP contribution in [-0.2, 0) is 0 Å². The molecule has 0 amide bonds. The number of H-pyrrole nitrogens is 2. The Hall–Kier alpha value is -2.18. The summed E-state index contributed by atoms with van der Waals surface area (Å²) < 4.78 is 15.3. The Morgan fingerprint density at radius 3 is 2.52 bits per heavy atom. The van der Waals surface area contributed by atoms with Crippen LogP contribution in [0, 0.1) is 11.7 Å². The number of hydrogen-bond acceptors (Lipinski definition) is 3. The van der Waals surface area contributed by atoms with Gasteiger partial charge in [-0.2, -0.15) is 5.10 Å². The van der Waals surface area contributed by atoms with E-state index in [9.17, 15) is 0 Å². The maximum absolute atomic E-state index is 15.3. The van der Waals surface area contributed by atoms with Gasteiger partial charge < -0.3 is 14.8 Å². The van der Waals surface area contributed by atoms with Gasteiger partial charge in [0, 0.05) is 41.8 Å². The van der Waals surface area contributed by atoms with Gasteiger partial charge in [0.15, 0.2) is 0 Å². The van der Waals surface area contributed by atoms with Crippen molar-refractivity contribution in [2.45, 2.75) is 64.8 Å². The van der Waals surface area contributed by atoms with E-state index in [1.54, 1.807) is 6.07 Å². The number of nitrogens with zero attached hydrogens (tertiary/aromatic N) is 3. The van der Waals surface area contributed by atoms with Crippen LogP contribution in [0.3, 0.4) is 0 Å². The minimum atomic E-state index is -0.0698. The maximum atomic E-state index is 15.3. The molecular weight excluding hydrogens is 413 g/mol. The van der Waals surface area contributed by atoms with E-state index in [1.807, 2.05) is 12.4 Å². The minimum absolute atomic E-state index is 0.0698. The zero-order valence-electron chi connectivity index (χ0n) is 20.5. The van der Waals surface area contributed by atoms with Crippen molar-refractivity contribution in [3.63, 3.8) is 0 Å². The van der Waals surface area contributed by atoms with E-state index in [0.717, 1.165) is 59.6 Å². The highest BCUT2D eigenvalue weighted by Crippen LogP contribution is 2.39. The molecule has 2 fully saturated rings. The van der Waals surface area contributed by atoms with Crippen LogP contribution in [0.25, 0.3) is 22.2 Å². The summed E-state index contributed by atoms with van der Waals surface area (Å²) in [6, 6.07) is 4.50. The van der Waals surface area contributed by atoms with E-state index in [-0.39, 0.29) is 5.82 Å². The molecule has 0 spiro atoms. The SMILES string of the molecule is CC(C)c1c(-c2cn[nH]c2)[nH]c2cc(F)c(C3CCN(CC4CCN(C(C)C)C4)CC3)cc12. The Labute approximate surface area is 196 Å². The summed E-state index contributed by atoms with van der Waals surface area (Å²) in [5, 5.41) is 8.16. The highest BCUT2D eigenvalue weighted by molar-refractivity contribution is 5.92. The molecule has 2 saturated heterocycles. The van der Waals surface area contributed by atoms with Crippen molar-refractivity contribution in [2.24, 2.45) is 5.92 Å². The molecule has 0 bridgehead atoms. The highest BCUT2D eigenvalue weighted by Gasteiger charge is 2.29. The molecule has 0 aliphatic carbocycles. The molecule has 2 aliphatic heterocycles. The van der Waals surface area contributed by atoms with Gasteiger partial charge >= 0.3 is 0 Å². The van der Waals surface area contributed by atoms with E-state index in [0.29, 0.717) is 17.9 Å². The summed E-state index contributed by atoms with van der Waals surface area (Å²) in [5.41, 5.74) is 5.10. The second-order valence-electron chi connectivity index (χ2n) is 10.8. The van der Waals surface area contributed by atoms with Crippen LogP contribution in [0.1, 0.15) is 69.9 Å². The molecule has 2 aliphatic rings. The molecule has 5 nitrogen and oxygen atoms in total. The Morgan fingerprint density at radius 2 is 1.88 bits per heavy atom. The van der Waals surface area contributed by atoms with Crippen molar-refractivity contribution in [3.05, 3.63) is 41.5 Å². The third kappa shape index (κ3) is 4.47. The van der Waals surface area contributed by atoms with E-state index in [2.05, 4.69) is 58.7 Å². The fourth-order valence-corrected chi connectivity index (χ4v) is 6.05. The number of piperidine rings is 1. The number of aromatic amines is 2. The third-order valence-electron chi connectivity index (χ3n) is 7.91. The molecule has 1 aromatic carbocycles. The van der Waals surface area contributed by atoms with Crippen LogP contribution >= 0.6 is 0 Å². The molecule has 4 heterocycles. The largest absolute Gasteiger partial charge is 0.354 e. The number of fused-ring (bicyclic) bond motifs is 1. The lowest BCUT2D eigenvalue weighted by Crippen LogP contribution is -2.38. The summed E-state index contributed by atoms with van der Waals surface area (Å²) in [5.74, 6) is 1.35. The molecule has 2 aromatic heterocycles. The standard InChI is InChI=1S/C27H38FN5/c1-17(2)26-23-11-22(24(28)12-25(23)31-27(26)21-13-29-30-14-21)20-6-8-32(9-7-20)15-19-5-10-33(16-19)18(3)4/h11-14,17-20,31H,5-10,15-16H2,1-4H3,(H,29,30). The summed E-state index contributed by atoms with van der Waals surface area (Å²) in [6.45, 7) is 14.8. The van der Waals surface area contributed by atoms with Crippen LogP contribution in [0.15, 0.2) is 24.5 Å². The van der Waals surface area contributed by atoms with Gasteiger partial charge in [-0.05, 0) is 93.8 Å². The monoisotopic (exact) mass is 451 g/mol. The predicted molar refractivity (Wildman–Crippen MR) is 133 cm³/mol. The first kappa shape index (κ1) is 22.6. The second kappa shape index (κ2) is 9.22. The van der Waals surface area contributed by atoms with Gasteiger partial charge in [0.25, 0.3) is 0 Å². The lowest BCUT2D eigenvalue weighted by Gasteiger charge is -2.34. The number of rotatable bonds is 6. The van der Waals surface area contributed by atoms with Crippen LogP contribution in [0.4, 0.5) is 4.39 Å². The molecule has 6 heteroatoms. The molecular formula is C27H38FN5. The van der Waals surface area contributed by atoms with Crippen molar-refractivity contribution in [1.29, 1.82) is 0 Å². The fraction of sp³-hybridized carbons (Fsp3) is 0.593. The molecule has 1 unspecified atom stereocenters. The van der Waals surface area contributed by atoms with Gasteiger partial charge in [0.05, 0.1) is 11.9 Å². The normalized spacial score (nSPS) is 21.2. The molecule has 178 valence electrons. The first-order valence-electron chi connectivity index (χ1n) is 12.7. The number of likely N-dealkylation sites (tertiary alicyclic amines) is 2. The zero-order chi connectivity index (χ0) is 23.1. The van der Waals surface area contributed by atoms with Crippen LogP contribution in [0.5, 0.6) is 0 Å². The van der Waals surface area contributed by atoms with Crippen LogP contribution < -0.4 is 0 Å². The summed E-state index contributed by atoms with van der Waals surface area (Å²) in [6.07, 6.45) is 7.12. The van der Waals surface area contributed by atoms with Crippen molar-refractivity contribution in [3.8, 4) is 11.3 Å². The molecule has 3 aromatic rings. The summed E-state index contributed by atoms with van der Waals surface area (Å²) >= 11 is 0. The van der Waals surface area contributed by atoms with Gasteiger partial charge in [-0.1, -0.05) is 13.8 Å². The number of nitrogens with one attached hydrogen (secondary N) is 2. The van der Waals surface area contributed by atoms with Crippen molar-refractivity contribution in [1.82, 2.24) is 25.0 Å². The van der Waals surface area contributed by atoms with E-state index < -0.39 is 0 Å². The smallest absolute Gasteiger partial charge is 0.128 e. The van der Waals surface area contributed by atoms with Crippen LogP contribution in [-0.4, -0.2) is 63.7 Å². The quantitative estimate of drug-likeness (QED) is 0.503. The number of halogens is 1. The molecule has 33 heavy (non-hydrogen) atoms. The Balaban J connectivity index is 1.32. The fourth-order valence-electron chi connectivity index (χ4n) is 6.05. The van der Waals surface area contributed by atoms with E-state index in [1.165, 1.54) is 31.6 Å². The first-order chi connectivity index (χ1) is 15.9. The van der Waals surface area contributed by atoms with Gasteiger partial charge in [-0.3, -0.25) is 5.10 Å². The molecule has 1 atom stereocenters. The summed E-state index contributed by atoms with van der Waals surface area (Å²) in [7, 11) is 0. The lowest BCUT2D eigenvalue weighted by atomic mass is 9.87. The van der Waals surface area contributed by atoms with Crippen LogP contribution in [0.2, 0.25) is 0 Å². The average Bonchev–Trinajstić information content (AvgIpc) is 3.53. The molecule has 5 rings (SSSR count).